The smallest absolute Gasteiger partial charge is 0.261 e. The van der Waals surface area contributed by atoms with E-state index in [1.54, 1.807) is 18.2 Å². The van der Waals surface area contributed by atoms with Crippen molar-refractivity contribution in [2.45, 2.75) is 11.3 Å². The molecule has 2 rings (SSSR count). The highest BCUT2D eigenvalue weighted by Gasteiger charge is 2.13. The number of sulfonamides is 1. The van der Waals surface area contributed by atoms with Crippen LogP contribution >= 0.6 is 0 Å². The average Bonchev–Trinajstić information content (AvgIpc) is 2.62. The first-order chi connectivity index (χ1) is 12.0. The van der Waals surface area contributed by atoms with Crippen LogP contribution in [0.3, 0.4) is 0 Å². The van der Waals surface area contributed by atoms with Gasteiger partial charge in [-0.25, -0.2) is 8.42 Å². The Bertz CT molecular complexity index is 883. The molecule has 2 N–H and O–H groups in total. The number of amides is 1. The lowest BCUT2D eigenvalue weighted by Gasteiger charge is -2.09. The van der Waals surface area contributed by atoms with Crippen molar-refractivity contribution in [2.24, 2.45) is 0 Å². The van der Waals surface area contributed by atoms with Crippen LogP contribution in [-0.4, -0.2) is 14.3 Å². The maximum atomic E-state index is 12.2. The highest BCUT2D eigenvalue weighted by molar-refractivity contribution is 7.92. The van der Waals surface area contributed by atoms with Crippen molar-refractivity contribution in [3.8, 4) is 18.1 Å². The molecule has 0 radical (unpaired) electrons. The quantitative estimate of drug-likeness (QED) is 0.590. The lowest BCUT2D eigenvalue weighted by Crippen LogP contribution is -2.26. The second-order valence-electron chi connectivity index (χ2n) is 4.84. The molecule has 0 unspecified atom stereocenters. The number of nitrogens with one attached hydrogen (secondary N) is 2. The van der Waals surface area contributed by atoms with E-state index < -0.39 is 10.0 Å². The fraction of sp³-hybridized carbons (Fsp3) is 0.0556. The Morgan fingerprint density at radius 2 is 1.80 bits per heavy atom. The third kappa shape index (κ3) is 5.71. The summed E-state index contributed by atoms with van der Waals surface area (Å²) in [5.41, 5.74) is 2.63. The number of hydroxylamine groups is 1. The standard InChI is InChI=1S/C18H16N2O4S/c1-2-3-5-10-18(21)19-24-16-13-11-15(12-14-16)20-25(22,23)17-8-6-4-7-9-17/h1,3-9,11-14,20H,10H2,(H,19,21)/b5-3+. The van der Waals surface area contributed by atoms with Gasteiger partial charge >= 0.3 is 0 Å². The van der Waals surface area contributed by atoms with E-state index in [2.05, 4.69) is 16.1 Å². The summed E-state index contributed by atoms with van der Waals surface area (Å²) in [7, 11) is -3.65. The molecule has 25 heavy (non-hydrogen) atoms. The van der Waals surface area contributed by atoms with Gasteiger partial charge in [-0.3, -0.25) is 9.52 Å². The van der Waals surface area contributed by atoms with Crippen LogP contribution in [0.5, 0.6) is 5.75 Å². The molecule has 0 bridgehead atoms. The van der Waals surface area contributed by atoms with Crippen molar-refractivity contribution < 1.29 is 18.0 Å². The van der Waals surface area contributed by atoms with Crippen molar-refractivity contribution in [1.82, 2.24) is 5.48 Å². The van der Waals surface area contributed by atoms with Gasteiger partial charge in [0.15, 0.2) is 5.75 Å². The molecule has 0 aliphatic rings. The van der Waals surface area contributed by atoms with Crippen LogP contribution in [-0.2, 0) is 14.8 Å². The minimum Gasteiger partial charge on any atom is -0.380 e. The molecule has 0 aliphatic carbocycles. The third-order valence-electron chi connectivity index (χ3n) is 2.96. The van der Waals surface area contributed by atoms with Gasteiger partial charge in [-0.2, -0.15) is 5.48 Å². The normalized spacial score (nSPS) is 10.8. The summed E-state index contributed by atoms with van der Waals surface area (Å²) in [6, 6.07) is 14.1. The molecule has 6 nitrogen and oxygen atoms in total. The summed E-state index contributed by atoms with van der Waals surface area (Å²) < 4.78 is 26.9. The van der Waals surface area contributed by atoms with Gasteiger partial charge in [0.2, 0.25) is 0 Å². The lowest BCUT2D eigenvalue weighted by molar-refractivity contribution is -0.126. The number of benzene rings is 2. The van der Waals surface area contributed by atoms with E-state index in [0.717, 1.165) is 0 Å². The second-order valence-corrected chi connectivity index (χ2v) is 6.53. The summed E-state index contributed by atoms with van der Waals surface area (Å²) in [6.07, 6.45) is 8.07. The monoisotopic (exact) mass is 356 g/mol. The molecule has 0 spiro atoms. The molecule has 0 fully saturated rings. The minimum atomic E-state index is -3.65. The molecular formula is C18H16N2O4S. The van der Waals surface area contributed by atoms with E-state index in [4.69, 9.17) is 11.3 Å². The Kier molecular flexibility index (Phi) is 6.20. The zero-order chi connectivity index (χ0) is 18.1. The number of anilines is 1. The molecule has 0 saturated heterocycles. The SMILES string of the molecule is C#C/C=C/CC(=O)NOc1ccc(NS(=O)(=O)c2ccccc2)cc1. The fourth-order valence-electron chi connectivity index (χ4n) is 1.80. The molecule has 2 aromatic carbocycles. The summed E-state index contributed by atoms with van der Waals surface area (Å²) in [5, 5.41) is 0. The number of hydrogen-bond acceptors (Lipinski definition) is 4. The van der Waals surface area contributed by atoms with Crippen LogP contribution in [0, 0.1) is 12.3 Å². The predicted molar refractivity (Wildman–Crippen MR) is 95.1 cm³/mol. The molecule has 0 aliphatic heterocycles. The molecule has 0 aromatic heterocycles. The van der Waals surface area contributed by atoms with Crippen molar-refractivity contribution in [2.75, 3.05) is 4.72 Å². The molecule has 1 amide bonds. The molecule has 7 heteroatoms. The highest BCUT2D eigenvalue weighted by atomic mass is 32.2. The van der Waals surface area contributed by atoms with E-state index in [1.165, 1.54) is 48.6 Å². The lowest BCUT2D eigenvalue weighted by atomic mass is 10.3. The largest absolute Gasteiger partial charge is 0.380 e. The third-order valence-corrected chi connectivity index (χ3v) is 4.36. The van der Waals surface area contributed by atoms with Crippen LogP contribution in [0.15, 0.2) is 71.6 Å². The van der Waals surface area contributed by atoms with Crippen LogP contribution in [0.4, 0.5) is 5.69 Å². The first kappa shape index (κ1) is 18.1. The van der Waals surface area contributed by atoms with E-state index in [9.17, 15) is 13.2 Å². The van der Waals surface area contributed by atoms with Crippen molar-refractivity contribution in [3.63, 3.8) is 0 Å². The number of allylic oxidation sites excluding steroid dienone is 1. The number of hydrogen-bond donors (Lipinski definition) is 2. The second kappa shape index (κ2) is 8.57. The van der Waals surface area contributed by atoms with E-state index in [-0.39, 0.29) is 17.2 Å². The van der Waals surface area contributed by atoms with Gasteiger partial charge in [-0.15, -0.1) is 6.42 Å². The minimum absolute atomic E-state index is 0.0964. The van der Waals surface area contributed by atoms with Gasteiger partial charge in [0.25, 0.3) is 15.9 Å². The first-order valence-corrected chi connectivity index (χ1v) is 8.74. The number of terminal acetylenes is 1. The van der Waals surface area contributed by atoms with Crippen molar-refractivity contribution in [3.05, 3.63) is 66.7 Å². The fourth-order valence-corrected chi connectivity index (χ4v) is 2.88. The number of carbonyl (C=O) groups is 1. The van der Waals surface area contributed by atoms with Gasteiger partial charge in [-0.05, 0) is 42.5 Å². The Morgan fingerprint density at radius 1 is 1.12 bits per heavy atom. The molecule has 0 heterocycles. The van der Waals surface area contributed by atoms with E-state index in [0.29, 0.717) is 11.4 Å². The summed E-state index contributed by atoms with van der Waals surface area (Å²) in [5.74, 6) is 2.27. The summed E-state index contributed by atoms with van der Waals surface area (Å²) in [6.45, 7) is 0. The Hall–Kier alpha value is -3.24. The van der Waals surface area contributed by atoms with Crippen LogP contribution in [0.25, 0.3) is 0 Å². The van der Waals surface area contributed by atoms with Gasteiger partial charge in [-0.1, -0.05) is 30.2 Å². The van der Waals surface area contributed by atoms with Gasteiger partial charge < -0.3 is 4.84 Å². The van der Waals surface area contributed by atoms with E-state index in [1.807, 2.05) is 0 Å². The van der Waals surface area contributed by atoms with Gasteiger partial charge in [0, 0.05) is 12.1 Å². The Balaban J connectivity index is 1.93. The van der Waals surface area contributed by atoms with Gasteiger partial charge in [0.1, 0.15) is 0 Å². The summed E-state index contributed by atoms with van der Waals surface area (Å²) >= 11 is 0. The Morgan fingerprint density at radius 3 is 2.44 bits per heavy atom. The van der Waals surface area contributed by atoms with Gasteiger partial charge in [0.05, 0.1) is 4.90 Å². The molecule has 2 aromatic rings. The van der Waals surface area contributed by atoms with Crippen molar-refractivity contribution >= 4 is 21.6 Å². The molecule has 0 atom stereocenters. The van der Waals surface area contributed by atoms with Crippen LogP contribution in [0.1, 0.15) is 6.42 Å². The predicted octanol–water partition coefficient (Wildman–Crippen LogP) is 2.48. The van der Waals surface area contributed by atoms with Crippen LogP contribution in [0.2, 0.25) is 0 Å². The van der Waals surface area contributed by atoms with Crippen molar-refractivity contribution in [1.29, 1.82) is 0 Å². The zero-order valence-corrected chi connectivity index (χ0v) is 14.0. The number of rotatable bonds is 7. The maximum Gasteiger partial charge on any atom is 0.261 e. The molecular weight excluding hydrogens is 340 g/mol. The summed E-state index contributed by atoms with van der Waals surface area (Å²) in [4.78, 5) is 16.7. The molecule has 0 saturated carbocycles. The Labute approximate surface area is 146 Å². The van der Waals surface area contributed by atoms with Crippen LogP contribution < -0.4 is 15.0 Å². The maximum absolute atomic E-state index is 12.2. The molecule has 128 valence electrons. The zero-order valence-electron chi connectivity index (χ0n) is 13.2. The highest BCUT2D eigenvalue weighted by Crippen LogP contribution is 2.19. The average molecular weight is 356 g/mol. The first-order valence-electron chi connectivity index (χ1n) is 7.26. The number of carbonyl (C=O) groups excluding carboxylic acids is 1. The van der Waals surface area contributed by atoms with E-state index >= 15 is 0 Å². The topological polar surface area (TPSA) is 84.5 Å².